The van der Waals surface area contributed by atoms with E-state index < -0.39 is 5.56 Å². The second kappa shape index (κ2) is 4.69. The van der Waals surface area contributed by atoms with Gasteiger partial charge in [0, 0.05) is 0 Å². The van der Waals surface area contributed by atoms with Gasteiger partial charge >= 0.3 is 0 Å². The van der Waals surface area contributed by atoms with Gasteiger partial charge in [-0.2, -0.15) is 0 Å². The number of nitrogens with zero attached hydrogens (tertiary/aromatic N) is 1. The van der Waals surface area contributed by atoms with Crippen LogP contribution < -0.4 is 16.0 Å². The fourth-order valence-corrected chi connectivity index (χ4v) is 1.47. The molecule has 3 N–H and O–H groups in total. The maximum Gasteiger partial charge on any atom is 0.277 e. The number of ether oxygens (including phenoxy) is 1. The first-order valence-corrected chi connectivity index (χ1v) is 5.31. The standard InChI is InChI=1S/C12H13N3O2/c1-2-8-5-3-4-6-9(8)17-12-10(13)11(16)14-7-15-12/h3-7H,2,13H2,1H3,(H,14,15,16). The van der Waals surface area contributed by atoms with Crippen LogP contribution in [0, 0.1) is 0 Å². The largest absolute Gasteiger partial charge is 0.437 e. The average molecular weight is 231 g/mol. The zero-order valence-electron chi connectivity index (χ0n) is 9.43. The number of rotatable bonds is 3. The van der Waals surface area contributed by atoms with Crippen molar-refractivity contribution in [1.82, 2.24) is 9.97 Å². The number of benzene rings is 1. The first-order valence-electron chi connectivity index (χ1n) is 5.31. The molecule has 0 spiro atoms. The Balaban J connectivity index is 2.38. The van der Waals surface area contributed by atoms with Gasteiger partial charge in [-0.05, 0) is 18.1 Å². The van der Waals surface area contributed by atoms with Gasteiger partial charge in [-0.3, -0.25) is 4.79 Å². The van der Waals surface area contributed by atoms with Gasteiger partial charge in [0.25, 0.3) is 5.56 Å². The van der Waals surface area contributed by atoms with Gasteiger partial charge in [0.15, 0.2) is 5.69 Å². The molecule has 5 nitrogen and oxygen atoms in total. The van der Waals surface area contributed by atoms with E-state index in [1.807, 2.05) is 31.2 Å². The SMILES string of the molecule is CCc1ccccc1Oc1nc[nH]c(=O)c1N. The summed E-state index contributed by atoms with van der Waals surface area (Å²) in [7, 11) is 0. The number of nitrogens with one attached hydrogen (secondary N) is 1. The average Bonchev–Trinajstić information content (AvgIpc) is 2.35. The van der Waals surface area contributed by atoms with Crippen molar-refractivity contribution in [3.8, 4) is 11.6 Å². The maximum absolute atomic E-state index is 11.3. The highest BCUT2D eigenvalue weighted by Crippen LogP contribution is 2.25. The first kappa shape index (κ1) is 11.2. The molecule has 0 amide bonds. The zero-order chi connectivity index (χ0) is 12.3. The summed E-state index contributed by atoms with van der Waals surface area (Å²) in [5.74, 6) is 0.800. The normalized spacial score (nSPS) is 10.2. The smallest absolute Gasteiger partial charge is 0.277 e. The molecule has 1 aromatic heterocycles. The van der Waals surface area contributed by atoms with Gasteiger partial charge in [0.05, 0.1) is 6.33 Å². The molecule has 2 rings (SSSR count). The predicted molar refractivity (Wildman–Crippen MR) is 65.2 cm³/mol. The van der Waals surface area contributed by atoms with E-state index >= 15 is 0 Å². The van der Waals surface area contributed by atoms with Gasteiger partial charge in [-0.1, -0.05) is 25.1 Å². The molecule has 88 valence electrons. The third-order valence-electron chi connectivity index (χ3n) is 2.41. The number of hydrogen-bond donors (Lipinski definition) is 2. The van der Waals surface area contributed by atoms with Gasteiger partial charge in [0.2, 0.25) is 5.88 Å². The molecular formula is C12H13N3O2. The van der Waals surface area contributed by atoms with Crippen molar-refractivity contribution < 1.29 is 4.74 Å². The van der Waals surface area contributed by atoms with Crippen LogP contribution in [0.25, 0.3) is 0 Å². The highest BCUT2D eigenvalue weighted by Gasteiger charge is 2.08. The Morgan fingerprint density at radius 1 is 1.41 bits per heavy atom. The quantitative estimate of drug-likeness (QED) is 0.842. The third kappa shape index (κ3) is 2.28. The minimum atomic E-state index is -0.399. The van der Waals surface area contributed by atoms with E-state index in [4.69, 9.17) is 10.5 Å². The molecule has 0 aliphatic heterocycles. The number of aryl methyl sites for hydroxylation is 1. The van der Waals surface area contributed by atoms with E-state index in [2.05, 4.69) is 9.97 Å². The van der Waals surface area contributed by atoms with Crippen molar-refractivity contribution in [3.63, 3.8) is 0 Å². The van der Waals surface area contributed by atoms with Crippen LogP contribution >= 0.6 is 0 Å². The Hall–Kier alpha value is -2.30. The van der Waals surface area contributed by atoms with Gasteiger partial charge in [0.1, 0.15) is 5.75 Å². The summed E-state index contributed by atoms with van der Waals surface area (Å²) in [4.78, 5) is 17.6. The molecular weight excluding hydrogens is 218 g/mol. The van der Waals surface area contributed by atoms with Gasteiger partial charge in [-0.25, -0.2) is 4.98 Å². The molecule has 0 bridgehead atoms. The van der Waals surface area contributed by atoms with Crippen LogP contribution in [0.3, 0.4) is 0 Å². The highest BCUT2D eigenvalue weighted by atomic mass is 16.5. The summed E-state index contributed by atoms with van der Waals surface area (Å²) in [5.41, 5.74) is 6.21. The van der Waals surface area contributed by atoms with E-state index in [1.165, 1.54) is 6.33 Å². The van der Waals surface area contributed by atoms with Crippen molar-refractivity contribution in [1.29, 1.82) is 0 Å². The van der Waals surface area contributed by atoms with Crippen LogP contribution in [0.2, 0.25) is 0 Å². The van der Waals surface area contributed by atoms with Crippen LogP contribution in [0.1, 0.15) is 12.5 Å². The monoisotopic (exact) mass is 231 g/mol. The molecule has 0 atom stereocenters. The molecule has 2 aromatic rings. The van der Waals surface area contributed by atoms with Crippen LogP contribution in [0.4, 0.5) is 5.69 Å². The predicted octanol–water partition coefficient (Wildman–Crippen LogP) is 1.71. The molecule has 0 radical (unpaired) electrons. The zero-order valence-corrected chi connectivity index (χ0v) is 9.43. The van der Waals surface area contributed by atoms with E-state index in [0.29, 0.717) is 5.75 Å². The second-order valence-electron chi connectivity index (χ2n) is 3.51. The lowest BCUT2D eigenvalue weighted by atomic mass is 10.1. The van der Waals surface area contributed by atoms with Gasteiger partial charge < -0.3 is 15.5 Å². The van der Waals surface area contributed by atoms with Crippen molar-refractivity contribution >= 4 is 5.69 Å². The van der Waals surface area contributed by atoms with E-state index in [1.54, 1.807) is 0 Å². The minimum absolute atomic E-state index is 0.0154. The van der Waals surface area contributed by atoms with Crippen LogP contribution in [-0.4, -0.2) is 9.97 Å². The maximum atomic E-state index is 11.3. The highest BCUT2D eigenvalue weighted by molar-refractivity contribution is 5.48. The Kier molecular flexibility index (Phi) is 3.09. The summed E-state index contributed by atoms with van der Waals surface area (Å²) >= 11 is 0. The molecule has 0 aliphatic carbocycles. The molecule has 0 unspecified atom stereocenters. The lowest BCUT2D eigenvalue weighted by molar-refractivity contribution is 0.458. The molecule has 0 saturated heterocycles. The molecule has 0 aliphatic rings. The second-order valence-corrected chi connectivity index (χ2v) is 3.51. The van der Waals surface area contributed by atoms with E-state index in [-0.39, 0.29) is 11.6 Å². The third-order valence-corrected chi connectivity index (χ3v) is 2.41. The van der Waals surface area contributed by atoms with E-state index in [9.17, 15) is 4.79 Å². The summed E-state index contributed by atoms with van der Waals surface area (Å²) in [6.07, 6.45) is 2.10. The van der Waals surface area contributed by atoms with Crippen LogP contribution in [-0.2, 0) is 6.42 Å². The van der Waals surface area contributed by atoms with Crippen LogP contribution in [0.15, 0.2) is 35.4 Å². The van der Waals surface area contributed by atoms with Crippen molar-refractivity contribution in [3.05, 3.63) is 46.5 Å². The Morgan fingerprint density at radius 3 is 2.94 bits per heavy atom. The summed E-state index contributed by atoms with van der Waals surface area (Å²) in [6, 6.07) is 7.57. The lowest BCUT2D eigenvalue weighted by Gasteiger charge is -2.09. The number of anilines is 1. The van der Waals surface area contributed by atoms with Crippen LogP contribution in [0.5, 0.6) is 11.6 Å². The van der Waals surface area contributed by atoms with Gasteiger partial charge in [-0.15, -0.1) is 0 Å². The van der Waals surface area contributed by atoms with Crippen molar-refractivity contribution in [2.75, 3.05) is 5.73 Å². The molecule has 1 heterocycles. The fourth-order valence-electron chi connectivity index (χ4n) is 1.47. The summed E-state index contributed by atoms with van der Waals surface area (Å²) in [5, 5.41) is 0. The number of H-pyrrole nitrogens is 1. The number of nitrogens with two attached hydrogens (primary N) is 1. The molecule has 1 aromatic carbocycles. The Bertz CT molecular complexity index is 578. The number of nitrogen functional groups attached to an aromatic ring is 1. The summed E-state index contributed by atoms with van der Waals surface area (Å²) < 4.78 is 5.56. The van der Waals surface area contributed by atoms with Crippen molar-refractivity contribution in [2.45, 2.75) is 13.3 Å². The minimum Gasteiger partial charge on any atom is -0.437 e. The lowest BCUT2D eigenvalue weighted by Crippen LogP contribution is -2.13. The number of para-hydroxylation sites is 1. The number of hydrogen-bond acceptors (Lipinski definition) is 4. The summed E-state index contributed by atoms with van der Waals surface area (Å²) in [6.45, 7) is 2.02. The first-order chi connectivity index (χ1) is 8.22. The Morgan fingerprint density at radius 2 is 2.18 bits per heavy atom. The van der Waals surface area contributed by atoms with E-state index in [0.717, 1.165) is 12.0 Å². The number of aromatic nitrogens is 2. The topological polar surface area (TPSA) is 81.0 Å². The van der Waals surface area contributed by atoms with Crippen molar-refractivity contribution in [2.24, 2.45) is 0 Å². The molecule has 17 heavy (non-hydrogen) atoms. The molecule has 0 fully saturated rings. The number of aromatic amines is 1. The fraction of sp³-hybridized carbons (Fsp3) is 0.167. The molecule has 0 saturated carbocycles. The Labute approximate surface area is 98.3 Å². The molecule has 5 heteroatoms.